The van der Waals surface area contributed by atoms with E-state index in [1.165, 1.54) is 0 Å². The van der Waals surface area contributed by atoms with Crippen LogP contribution in [-0.2, 0) is 10.0 Å². The Hall–Kier alpha value is -1.60. The molecule has 1 saturated carbocycles. The molecule has 0 aromatic heterocycles. The van der Waals surface area contributed by atoms with Crippen LogP contribution in [0.25, 0.3) is 0 Å². The molecule has 0 saturated heterocycles. The number of rotatable bonds is 6. The number of amides is 1. The van der Waals surface area contributed by atoms with Gasteiger partial charge < -0.3 is 11.1 Å². The van der Waals surface area contributed by atoms with Crippen molar-refractivity contribution in [1.82, 2.24) is 5.32 Å². The average molecular weight is 311 g/mol. The fraction of sp³-hybridized carbons (Fsp3) is 0.500. The van der Waals surface area contributed by atoms with Crippen molar-refractivity contribution in [3.05, 3.63) is 29.3 Å². The molecule has 7 heteroatoms. The van der Waals surface area contributed by atoms with E-state index in [0.717, 1.165) is 24.7 Å². The minimum absolute atomic E-state index is 0.00915. The molecule has 1 amide bonds. The number of aryl methyl sites for hydroxylation is 1. The molecule has 6 nitrogen and oxygen atoms in total. The van der Waals surface area contributed by atoms with Crippen molar-refractivity contribution in [2.75, 3.05) is 17.5 Å². The van der Waals surface area contributed by atoms with E-state index < -0.39 is 10.0 Å². The molecule has 1 aromatic rings. The van der Waals surface area contributed by atoms with Gasteiger partial charge in [-0.05, 0) is 43.4 Å². The van der Waals surface area contributed by atoms with E-state index in [-0.39, 0.29) is 11.9 Å². The summed E-state index contributed by atoms with van der Waals surface area (Å²) in [7, 11) is -3.37. The smallest absolute Gasteiger partial charge is 0.251 e. The molecule has 2 rings (SSSR count). The van der Waals surface area contributed by atoms with E-state index in [2.05, 4.69) is 10.0 Å². The third-order valence-corrected chi connectivity index (χ3v) is 4.15. The topological polar surface area (TPSA) is 101 Å². The number of carbonyl (C=O) groups excluding carboxylic acids is 1. The number of benzene rings is 1. The third kappa shape index (κ3) is 4.44. The molecule has 116 valence electrons. The van der Waals surface area contributed by atoms with Crippen molar-refractivity contribution in [1.29, 1.82) is 0 Å². The summed E-state index contributed by atoms with van der Waals surface area (Å²) < 4.78 is 25.1. The molecule has 1 aliphatic rings. The lowest BCUT2D eigenvalue weighted by Gasteiger charge is -2.17. The monoisotopic (exact) mass is 311 g/mol. The normalized spacial score (nSPS) is 16.3. The van der Waals surface area contributed by atoms with Gasteiger partial charge >= 0.3 is 0 Å². The van der Waals surface area contributed by atoms with Crippen LogP contribution in [0.4, 0.5) is 5.69 Å². The van der Waals surface area contributed by atoms with E-state index in [1.807, 2.05) is 0 Å². The minimum atomic E-state index is -3.37. The van der Waals surface area contributed by atoms with Crippen molar-refractivity contribution in [3.8, 4) is 0 Å². The third-order valence-electron chi connectivity index (χ3n) is 3.56. The van der Waals surface area contributed by atoms with Gasteiger partial charge in [0.2, 0.25) is 10.0 Å². The zero-order valence-electron chi connectivity index (χ0n) is 12.2. The van der Waals surface area contributed by atoms with Gasteiger partial charge in [-0.2, -0.15) is 0 Å². The van der Waals surface area contributed by atoms with E-state index in [9.17, 15) is 13.2 Å². The fourth-order valence-electron chi connectivity index (χ4n) is 2.19. The highest BCUT2D eigenvalue weighted by atomic mass is 32.2. The lowest BCUT2D eigenvalue weighted by atomic mass is 10.1. The van der Waals surface area contributed by atoms with Crippen molar-refractivity contribution in [2.24, 2.45) is 11.7 Å². The standard InChI is InChI=1S/C14H21N3O3S/c1-9-3-4-11(7-12(9)17-21(2,19)20)14(18)16-13(8-15)10-5-6-10/h3-4,7,10,13,17H,5-6,8,15H2,1-2H3,(H,16,18). The first-order valence-electron chi connectivity index (χ1n) is 6.89. The second-order valence-electron chi connectivity index (χ2n) is 5.56. The molecule has 1 aromatic carbocycles. The molecule has 0 aliphatic heterocycles. The Morgan fingerprint density at radius 1 is 1.43 bits per heavy atom. The SMILES string of the molecule is Cc1ccc(C(=O)NC(CN)C2CC2)cc1NS(C)(=O)=O. The van der Waals surface area contributed by atoms with Gasteiger partial charge in [-0.15, -0.1) is 0 Å². The molecular formula is C14H21N3O3S. The maximum Gasteiger partial charge on any atom is 0.251 e. The van der Waals surface area contributed by atoms with Gasteiger partial charge in [0.25, 0.3) is 5.91 Å². The number of nitrogens with two attached hydrogens (primary N) is 1. The predicted octanol–water partition coefficient (Wildman–Crippen LogP) is 0.834. The Kier molecular flexibility index (Phi) is 4.53. The number of carbonyl (C=O) groups is 1. The lowest BCUT2D eigenvalue weighted by molar-refractivity contribution is 0.0933. The highest BCUT2D eigenvalue weighted by Gasteiger charge is 2.31. The molecule has 1 unspecified atom stereocenters. The van der Waals surface area contributed by atoms with Crippen LogP contribution in [0.5, 0.6) is 0 Å². The van der Waals surface area contributed by atoms with Gasteiger partial charge in [0.05, 0.1) is 11.9 Å². The first kappa shape index (κ1) is 15.8. The van der Waals surface area contributed by atoms with Crippen LogP contribution in [0.1, 0.15) is 28.8 Å². The Balaban J connectivity index is 2.15. The molecule has 1 aliphatic carbocycles. The summed E-state index contributed by atoms with van der Waals surface area (Å²) in [6.45, 7) is 2.19. The molecule has 0 bridgehead atoms. The zero-order chi connectivity index (χ0) is 15.6. The van der Waals surface area contributed by atoms with Crippen LogP contribution in [-0.4, -0.2) is 33.2 Å². The summed E-state index contributed by atoms with van der Waals surface area (Å²) in [4.78, 5) is 12.2. The first-order chi connectivity index (χ1) is 9.80. The lowest BCUT2D eigenvalue weighted by Crippen LogP contribution is -2.41. The number of hydrogen-bond donors (Lipinski definition) is 3. The van der Waals surface area contributed by atoms with Crippen LogP contribution in [0.15, 0.2) is 18.2 Å². The summed E-state index contributed by atoms with van der Waals surface area (Å²) in [5, 5.41) is 2.91. The zero-order valence-corrected chi connectivity index (χ0v) is 13.0. The molecular weight excluding hydrogens is 290 g/mol. The van der Waals surface area contributed by atoms with Crippen LogP contribution in [0, 0.1) is 12.8 Å². The van der Waals surface area contributed by atoms with Gasteiger partial charge in [-0.25, -0.2) is 8.42 Å². The predicted molar refractivity (Wildman–Crippen MR) is 82.7 cm³/mol. The first-order valence-corrected chi connectivity index (χ1v) is 8.78. The van der Waals surface area contributed by atoms with Crippen LogP contribution in [0.2, 0.25) is 0 Å². The van der Waals surface area contributed by atoms with Crippen molar-refractivity contribution >= 4 is 21.6 Å². The van der Waals surface area contributed by atoms with Gasteiger partial charge in [-0.3, -0.25) is 9.52 Å². The Bertz CT molecular complexity index is 639. The Morgan fingerprint density at radius 2 is 2.10 bits per heavy atom. The highest BCUT2D eigenvalue weighted by molar-refractivity contribution is 7.92. The summed E-state index contributed by atoms with van der Waals surface area (Å²) in [6, 6.07) is 4.94. The van der Waals surface area contributed by atoms with Gasteiger partial charge in [0, 0.05) is 18.2 Å². The summed E-state index contributed by atoms with van der Waals surface area (Å²) in [6.07, 6.45) is 3.27. The van der Waals surface area contributed by atoms with Crippen molar-refractivity contribution in [2.45, 2.75) is 25.8 Å². The van der Waals surface area contributed by atoms with Gasteiger partial charge in [0.15, 0.2) is 0 Å². The van der Waals surface area contributed by atoms with Crippen LogP contribution < -0.4 is 15.8 Å². The number of anilines is 1. The molecule has 0 heterocycles. The molecule has 0 spiro atoms. The fourth-order valence-corrected chi connectivity index (χ4v) is 2.81. The molecule has 1 fully saturated rings. The van der Waals surface area contributed by atoms with E-state index in [0.29, 0.717) is 23.7 Å². The highest BCUT2D eigenvalue weighted by Crippen LogP contribution is 2.32. The quantitative estimate of drug-likeness (QED) is 0.724. The van der Waals surface area contributed by atoms with Gasteiger partial charge in [0.1, 0.15) is 0 Å². The summed E-state index contributed by atoms with van der Waals surface area (Å²) in [5.74, 6) is 0.243. The van der Waals surface area contributed by atoms with Crippen LogP contribution in [0.3, 0.4) is 0 Å². The average Bonchev–Trinajstić information content (AvgIpc) is 3.21. The maximum atomic E-state index is 12.2. The Labute approximate surface area is 125 Å². The van der Waals surface area contributed by atoms with Crippen molar-refractivity contribution < 1.29 is 13.2 Å². The number of sulfonamides is 1. The van der Waals surface area contributed by atoms with E-state index >= 15 is 0 Å². The second-order valence-corrected chi connectivity index (χ2v) is 7.31. The van der Waals surface area contributed by atoms with E-state index in [1.54, 1.807) is 25.1 Å². The molecule has 1 atom stereocenters. The minimum Gasteiger partial charge on any atom is -0.348 e. The van der Waals surface area contributed by atoms with Crippen molar-refractivity contribution in [3.63, 3.8) is 0 Å². The number of hydrogen-bond acceptors (Lipinski definition) is 4. The van der Waals surface area contributed by atoms with Gasteiger partial charge in [-0.1, -0.05) is 6.07 Å². The molecule has 4 N–H and O–H groups in total. The molecule has 21 heavy (non-hydrogen) atoms. The molecule has 0 radical (unpaired) electrons. The largest absolute Gasteiger partial charge is 0.348 e. The second kappa shape index (κ2) is 6.03. The van der Waals surface area contributed by atoms with Crippen LogP contribution >= 0.6 is 0 Å². The number of nitrogens with one attached hydrogen (secondary N) is 2. The maximum absolute atomic E-state index is 12.2. The Morgan fingerprint density at radius 3 is 2.62 bits per heavy atom. The van der Waals surface area contributed by atoms with E-state index in [4.69, 9.17) is 5.73 Å². The summed E-state index contributed by atoms with van der Waals surface area (Å²) in [5.41, 5.74) is 7.27. The summed E-state index contributed by atoms with van der Waals surface area (Å²) >= 11 is 0.